The molecule has 1 aromatic carbocycles. The Labute approximate surface area is 112 Å². The van der Waals surface area contributed by atoms with Crippen molar-refractivity contribution in [3.05, 3.63) is 34.4 Å². The van der Waals surface area contributed by atoms with Gasteiger partial charge in [-0.25, -0.2) is 0 Å². The van der Waals surface area contributed by atoms with E-state index in [-0.39, 0.29) is 16.7 Å². The highest BCUT2D eigenvalue weighted by Crippen LogP contribution is 2.39. The van der Waals surface area contributed by atoms with Crippen LogP contribution in [0.4, 0.5) is 13.2 Å². The number of rotatable bonds is 2. The third-order valence-electron chi connectivity index (χ3n) is 2.98. The van der Waals surface area contributed by atoms with Crippen molar-refractivity contribution in [1.29, 1.82) is 0 Å². The van der Waals surface area contributed by atoms with Crippen molar-refractivity contribution < 1.29 is 27.5 Å². The topological polar surface area (TPSA) is 67.4 Å². The zero-order valence-corrected chi connectivity index (χ0v) is 10.6. The molecule has 0 aliphatic carbocycles. The first-order valence-corrected chi connectivity index (χ1v) is 5.60. The molecule has 5 nitrogen and oxygen atoms in total. The molecule has 1 aromatic rings. The van der Waals surface area contributed by atoms with Crippen LogP contribution >= 0.6 is 0 Å². The Balaban J connectivity index is 2.71. The number of halogens is 3. The number of alkyl halides is 3. The van der Waals surface area contributed by atoms with Gasteiger partial charge in [0.25, 0.3) is 11.8 Å². The van der Waals surface area contributed by atoms with Crippen molar-refractivity contribution in [3.63, 3.8) is 0 Å². The number of carbonyl (C=O) groups is 2. The van der Waals surface area contributed by atoms with E-state index in [0.29, 0.717) is 6.07 Å². The van der Waals surface area contributed by atoms with Gasteiger partial charge in [0.2, 0.25) is 0 Å². The second kappa shape index (κ2) is 4.78. The van der Waals surface area contributed by atoms with Crippen molar-refractivity contribution in [3.8, 4) is 0 Å². The zero-order valence-electron chi connectivity index (χ0n) is 10.6. The van der Waals surface area contributed by atoms with Crippen LogP contribution in [0.2, 0.25) is 0 Å². The van der Waals surface area contributed by atoms with Gasteiger partial charge in [0, 0.05) is 30.8 Å². The molecule has 1 heterocycles. The largest absolute Gasteiger partial charge is 0.416 e. The van der Waals surface area contributed by atoms with Gasteiger partial charge in [-0.15, -0.1) is 0 Å². The molecular weight excluding hydrogens is 277 g/mol. The van der Waals surface area contributed by atoms with Crippen molar-refractivity contribution in [2.75, 3.05) is 14.2 Å². The predicted molar refractivity (Wildman–Crippen MR) is 62.1 cm³/mol. The minimum Gasteiger partial charge on any atom is -0.357 e. The molecule has 108 valence electrons. The molecule has 2 rings (SSSR count). The Kier molecular flexibility index (Phi) is 3.43. The Morgan fingerprint density at radius 1 is 1.40 bits per heavy atom. The van der Waals surface area contributed by atoms with E-state index in [9.17, 15) is 22.8 Å². The molecule has 1 aliphatic heterocycles. The van der Waals surface area contributed by atoms with Crippen LogP contribution < -0.4 is 10.6 Å². The molecule has 1 unspecified atom stereocenters. The van der Waals surface area contributed by atoms with Gasteiger partial charge in [-0.2, -0.15) is 13.2 Å². The van der Waals surface area contributed by atoms with Crippen molar-refractivity contribution in [2.24, 2.45) is 0 Å². The standard InChI is InChI=1S/C12H11F3N2O3/c1-16-9(18)5-3-6-8(7(4-5)12(13,14)15)11(20-2)17-10(6)19/h3-4,11H,1-2H3,(H,16,18)(H,17,19). The van der Waals surface area contributed by atoms with Gasteiger partial charge in [0.15, 0.2) is 6.23 Å². The van der Waals surface area contributed by atoms with Gasteiger partial charge in [-0.05, 0) is 12.1 Å². The highest BCUT2D eigenvalue weighted by Gasteiger charge is 2.42. The molecule has 1 aliphatic rings. The molecule has 1 atom stereocenters. The van der Waals surface area contributed by atoms with Crippen LogP contribution in [0.3, 0.4) is 0 Å². The lowest BCUT2D eigenvalue weighted by Crippen LogP contribution is -2.21. The summed E-state index contributed by atoms with van der Waals surface area (Å²) in [6.45, 7) is 0. The molecular formula is C12H11F3N2O3. The second-order valence-electron chi connectivity index (χ2n) is 4.15. The molecule has 0 bridgehead atoms. The Bertz CT molecular complexity index is 584. The first-order valence-electron chi connectivity index (χ1n) is 5.60. The van der Waals surface area contributed by atoms with E-state index in [1.54, 1.807) is 0 Å². The maximum absolute atomic E-state index is 13.1. The summed E-state index contributed by atoms with van der Waals surface area (Å²) < 4.78 is 44.1. The lowest BCUT2D eigenvalue weighted by Gasteiger charge is -2.16. The number of nitrogens with one attached hydrogen (secondary N) is 2. The summed E-state index contributed by atoms with van der Waals surface area (Å²) in [5, 5.41) is 4.49. The molecule has 0 radical (unpaired) electrons. The van der Waals surface area contributed by atoms with Crippen LogP contribution in [0.1, 0.15) is 38.1 Å². The normalized spacial score (nSPS) is 17.6. The quantitative estimate of drug-likeness (QED) is 0.865. The number of methoxy groups -OCH3 is 1. The van der Waals surface area contributed by atoms with E-state index in [1.807, 2.05) is 0 Å². The van der Waals surface area contributed by atoms with Gasteiger partial charge in [-0.3, -0.25) is 9.59 Å². The number of hydrogen-bond donors (Lipinski definition) is 2. The summed E-state index contributed by atoms with van der Waals surface area (Å²) in [5.74, 6) is -1.41. The van der Waals surface area contributed by atoms with Gasteiger partial charge < -0.3 is 15.4 Å². The van der Waals surface area contributed by atoms with Crippen LogP contribution in [-0.2, 0) is 10.9 Å². The molecule has 20 heavy (non-hydrogen) atoms. The summed E-state index contributed by atoms with van der Waals surface area (Å²) in [5.41, 5.74) is -1.78. The zero-order chi connectivity index (χ0) is 15.1. The third-order valence-corrected chi connectivity index (χ3v) is 2.98. The molecule has 8 heteroatoms. The van der Waals surface area contributed by atoms with E-state index in [2.05, 4.69) is 10.6 Å². The smallest absolute Gasteiger partial charge is 0.357 e. The van der Waals surface area contributed by atoms with Crippen LogP contribution in [0.25, 0.3) is 0 Å². The van der Waals surface area contributed by atoms with Crippen LogP contribution in [0.5, 0.6) is 0 Å². The Morgan fingerprint density at radius 3 is 2.55 bits per heavy atom. The van der Waals surface area contributed by atoms with Crippen LogP contribution in [0, 0.1) is 0 Å². The van der Waals surface area contributed by atoms with Crippen molar-refractivity contribution in [1.82, 2.24) is 10.6 Å². The molecule has 2 amide bonds. The SMILES string of the molecule is CNC(=O)c1cc2c(c(C(F)(F)F)c1)C(OC)NC2=O. The van der Waals surface area contributed by atoms with Crippen molar-refractivity contribution >= 4 is 11.8 Å². The summed E-state index contributed by atoms with van der Waals surface area (Å²) in [4.78, 5) is 23.2. The van der Waals surface area contributed by atoms with Crippen LogP contribution in [0.15, 0.2) is 12.1 Å². The number of carbonyl (C=O) groups excluding carboxylic acids is 2. The number of amides is 2. The predicted octanol–water partition coefficient (Wildman–Crippen LogP) is 1.45. The monoisotopic (exact) mass is 288 g/mol. The summed E-state index contributed by atoms with van der Waals surface area (Å²) in [7, 11) is 2.48. The molecule has 0 saturated carbocycles. The average Bonchev–Trinajstić information content (AvgIpc) is 2.72. The number of hydrogen-bond acceptors (Lipinski definition) is 3. The average molecular weight is 288 g/mol. The lowest BCUT2D eigenvalue weighted by atomic mass is 9.97. The van der Waals surface area contributed by atoms with E-state index in [0.717, 1.165) is 6.07 Å². The summed E-state index contributed by atoms with van der Waals surface area (Å²) in [6, 6.07) is 1.84. The summed E-state index contributed by atoms with van der Waals surface area (Å²) >= 11 is 0. The molecule has 0 aromatic heterocycles. The highest BCUT2D eigenvalue weighted by atomic mass is 19.4. The fourth-order valence-electron chi connectivity index (χ4n) is 2.08. The van der Waals surface area contributed by atoms with Gasteiger partial charge in [-0.1, -0.05) is 0 Å². The Morgan fingerprint density at radius 2 is 2.05 bits per heavy atom. The third kappa shape index (κ3) is 2.22. The fraction of sp³-hybridized carbons (Fsp3) is 0.333. The lowest BCUT2D eigenvalue weighted by molar-refractivity contribution is -0.139. The fourth-order valence-corrected chi connectivity index (χ4v) is 2.08. The second-order valence-corrected chi connectivity index (χ2v) is 4.15. The minimum absolute atomic E-state index is 0.203. The highest BCUT2D eigenvalue weighted by molar-refractivity contribution is 6.03. The first-order chi connectivity index (χ1) is 9.29. The van der Waals surface area contributed by atoms with E-state index in [4.69, 9.17) is 4.74 Å². The molecule has 0 fully saturated rings. The number of benzene rings is 1. The van der Waals surface area contributed by atoms with Gasteiger partial charge in [0.05, 0.1) is 5.56 Å². The van der Waals surface area contributed by atoms with Crippen LogP contribution in [-0.4, -0.2) is 26.0 Å². The van der Waals surface area contributed by atoms with Crippen molar-refractivity contribution in [2.45, 2.75) is 12.4 Å². The molecule has 2 N–H and O–H groups in total. The maximum Gasteiger partial charge on any atom is 0.416 e. The molecule has 0 saturated heterocycles. The summed E-state index contributed by atoms with van der Waals surface area (Å²) in [6.07, 6.45) is -5.87. The first kappa shape index (κ1) is 14.3. The maximum atomic E-state index is 13.1. The number of fused-ring (bicyclic) bond motifs is 1. The Hall–Kier alpha value is -2.09. The van der Waals surface area contributed by atoms with E-state index in [1.165, 1.54) is 14.2 Å². The van der Waals surface area contributed by atoms with E-state index < -0.39 is 29.8 Å². The van der Waals surface area contributed by atoms with Gasteiger partial charge in [0.1, 0.15) is 0 Å². The number of ether oxygens (including phenoxy) is 1. The van der Waals surface area contributed by atoms with Gasteiger partial charge >= 0.3 is 6.18 Å². The van der Waals surface area contributed by atoms with E-state index >= 15 is 0 Å². The minimum atomic E-state index is -4.70. The molecule has 0 spiro atoms.